The summed E-state index contributed by atoms with van der Waals surface area (Å²) in [5, 5.41) is 9.52. The lowest BCUT2D eigenvalue weighted by Crippen LogP contribution is -2.00. The predicted octanol–water partition coefficient (Wildman–Crippen LogP) is 2.86. The molecule has 4 heteroatoms. The molecule has 0 spiro atoms. The summed E-state index contributed by atoms with van der Waals surface area (Å²) < 4.78 is 10.2. The summed E-state index contributed by atoms with van der Waals surface area (Å²) in [7, 11) is 1.60. The van der Waals surface area contributed by atoms with Gasteiger partial charge in [0.25, 0.3) is 0 Å². The van der Waals surface area contributed by atoms with Crippen LogP contribution in [0.4, 0.5) is 0 Å². The lowest BCUT2D eigenvalue weighted by atomic mass is 10.0. The van der Waals surface area contributed by atoms with Gasteiger partial charge in [-0.3, -0.25) is 0 Å². The van der Waals surface area contributed by atoms with Crippen LogP contribution in [0, 0.1) is 0 Å². The summed E-state index contributed by atoms with van der Waals surface area (Å²) in [6.45, 7) is 0. The van der Waals surface area contributed by atoms with Crippen LogP contribution in [0.3, 0.4) is 0 Å². The maximum Gasteiger partial charge on any atom is 0.344 e. The van der Waals surface area contributed by atoms with E-state index in [0.29, 0.717) is 16.9 Å². The number of fused-ring (bicyclic) bond motifs is 1. The Bertz CT molecular complexity index is 699. The van der Waals surface area contributed by atoms with Gasteiger partial charge in [-0.25, -0.2) is 4.79 Å². The molecule has 1 aliphatic rings. The fraction of sp³-hybridized carbons (Fsp3) is 0.0625. The SMILES string of the molecule is COc1ccc(/C=C2\C(=O)Oc3ccc(O)cc32)cc1. The highest BCUT2D eigenvalue weighted by atomic mass is 16.5. The van der Waals surface area contributed by atoms with Gasteiger partial charge in [-0.2, -0.15) is 0 Å². The number of esters is 1. The molecule has 2 aromatic rings. The molecule has 0 saturated carbocycles. The van der Waals surface area contributed by atoms with Gasteiger partial charge in [0.1, 0.15) is 17.2 Å². The van der Waals surface area contributed by atoms with Crippen molar-refractivity contribution in [1.29, 1.82) is 0 Å². The summed E-state index contributed by atoms with van der Waals surface area (Å²) in [4.78, 5) is 11.9. The van der Waals surface area contributed by atoms with Crippen molar-refractivity contribution < 1.29 is 19.4 Å². The van der Waals surface area contributed by atoms with Crippen LogP contribution in [0.2, 0.25) is 0 Å². The minimum absolute atomic E-state index is 0.0997. The molecular weight excluding hydrogens is 256 g/mol. The first-order valence-corrected chi connectivity index (χ1v) is 6.09. The molecule has 1 aliphatic heterocycles. The Morgan fingerprint density at radius 2 is 1.90 bits per heavy atom. The summed E-state index contributed by atoms with van der Waals surface area (Å²) in [6, 6.07) is 11.9. The number of phenols is 1. The zero-order valence-corrected chi connectivity index (χ0v) is 10.8. The van der Waals surface area contributed by atoms with Crippen molar-refractivity contribution in [2.45, 2.75) is 0 Å². The smallest absolute Gasteiger partial charge is 0.344 e. The van der Waals surface area contributed by atoms with Crippen molar-refractivity contribution in [3.63, 3.8) is 0 Å². The zero-order valence-electron chi connectivity index (χ0n) is 10.8. The van der Waals surface area contributed by atoms with Gasteiger partial charge < -0.3 is 14.6 Å². The molecule has 0 atom stereocenters. The van der Waals surface area contributed by atoms with E-state index in [-0.39, 0.29) is 5.75 Å². The average Bonchev–Trinajstić information content (AvgIpc) is 2.76. The number of hydrogen-bond acceptors (Lipinski definition) is 4. The number of ether oxygens (including phenoxy) is 2. The van der Waals surface area contributed by atoms with E-state index in [4.69, 9.17) is 9.47 Å². The average molecular weight is 268 g/mol. The first-order chi connectivity index (χ1) is 9.67. The van der Waals surface area contributed by atoms with Crippen molar-refractivity contribution in [1.82, 2.24) is 0 Å². The van der Waals surface area contributed by atoms with Crippen LogP contribution >= 0.6 is 0 Å². The molecule has 0 unspecified atom stereocenters. The predicted molar refractivity (Wildman–Crippen MR) is 74.6 cm³/mol. The van der Waals surface area contributed by atoms with Crippen molar-refractivity contribution >= 4 is 17.6 Å². The van der Waals surface area contributed by atoms with Crippen LogP contribution in [-0.4, -0.2) is 18.2 Å². The molecule has 100 valence electrons. The molecule has 0 radical (unpaired) electrons. The Kier molecular flexibility index (Phi) is 2.91. The zero-order chi connectivity index (χ0) is 14.1. The molecule has 1 N–H and O–H groups in total. The van der Waals surface area contributed by atoms with E-state index in [9.17, 15) is 9.90 Å². The highest BCUT2D eigenvalue weighted by Crippen LogP contribution is 2.37. The van der Waals surface area contributed by atoms with E-state index in [2.05, 4.69) is 0 Å². The first-order valence-electron chi connectivity index (χ1n) is 6.09. The highest BCUT2D eigenvalue weighted by Gasteiger charge is 2.27. The summed E-state index contributed by atoms with van der Waals surface area (Å²) in [5.74, 6) is 0.899. The van der Waals surface area contributed by atoms with E-state index in [1.165, 1.54) is 12.1 Å². The molecule has 3 rings (SSSR count). The maximum atomic E-state index is 11.9. The van der Waals surface area contributed by atoms with Crippen molar-refractivity contribution in [3.05, 3.63) is 53.6 Å². The second-order valence-corrected chi connectivity index (χ2v) is 4.40. The topological polar surface area (TPSA) is 55.8 Å². The third-order valence-corrected chi connectivity index (χ3v) is 3.10. The Morgan fingerprint density at radius 3 is 2.60 bits per heavy atom. The summed E-state index contributed by atoms with van der Waals surface area (Å²) >= 11 is 0. The van der Waals surface area contributed by atoms with Gasteiger partial charge in [0.2, 0.25) is 0 Å². The van der Waals surface area contributed by atoms with Gasteiger partial charge >= 0.3 is 5.97 Å². The number of phenolic OH excluding ortho intramolecular Hbond substituents is 1. The van der Waals surface area contributed by atoms with E-state index in [1.807, 2.05) is 24.3 Å². The quantitative estimate of drug-likeness (QED) is 0.517. The van der Waals surface area contributed by atoms with Crippen molar-refractivity contribution in [2.24, 2.45) is 0 Å². The molecule has 0 bridgehead atoms. The number of methoxy groups -OCH3 is 1. The molecule has 0 amide bonds. The number of hydrogen-bond donors (Lipinski definition) is 1. The highest BCUT2D eigenvalue weighted by molar-refractivity contribution is 6.26. The van der Waals surface area contributed by atoms with Gasteiger partial charge in [-0.15, -0.1) is 0 Å². The van der Waals surface area contributed by atoms with Gasteiger partial charge in [0, 0.05) is 5.56 Å². The van der Waals surface area contributed by atoms with Gasteiger partial charge in [-0.1, -0.05) is 12.1 Å². The largest absolute Gasteiger partial charge is 0.508 e. The summed E-state index contributed by atoms with van der Waals surface area (Å²) in [6.07, 6.45) is 1.73. The number of rotatable bonds is 2. The van der Waals surface area contributed by atoms with Crippen LogP contribution < -0.4 is 9.47 Å². The lowest BCUT2D eigenvalue weighted by Gasteiger charge is -2.00. The molecule has 1 heterocycles. The van der Waals surface area contributed by atoms with Crippen molar-refractivity contribution in [3.8, 4) is 17.2 Å². The minimum atomic E-state index is -0.415. The van der Waals surface area contributed by atoms with E-state index in [1.54, 1.807) is 19.3 Å². The van der Waals surface area contributed by atoms with Crippen molar-refractivity contribution in [2.75, 3.05) is 7.11 Å². The third kappa shape index (κ3) is 2.12. The van der Waals surface area contributed by atoms with Crippen LogP contribution in [0.1, 0.15) is 11.1 Å². The standard InChI is InChI=1S/C16H12O4/c1-19-12-5-2-10(3-6-12)8-14-13-9-11(17)4-7-15(13)20-16(14)18/h2-9,17H,1H3/b14-8-. The number of carbonyl (C=O) groups is 1. The van der Waals surface area contributed by atoms with Crippen LogP contribution in [0.25, 0.3) is 11.6 Å². The van der Waals surface area contributed by atoms with Crippen LogP contribution in [-0.2, 0) is 4.79 Å². The number of benzene rings is 2. The fourth-order valence-corrected chi connectivity index (χ4v) is 2.09. The molecular formula is C16H12O4. The monoisotopic (exact) mass is 268 g/mol. The lowest BCUT2D eigenvalue weighted by molar-refractivity contribution is -0.126. The van der Waals surface area contributed by atoms with E-state index < -0.39 is 5.97 Å². The third-order valence-electron chi connectivity index (χ3n) is 3.10. The van der Waals surface area contributed by atoms with Crippen LogP contribution in [0.15, 0.2) is 42.5 Å². The maximum absolute atomic E-state index is 11.9. The molecule has 0 aromatic heterocycles. The fourth-order valence-electron chi connectivity index (χ4n) is 2.09. The Hall–Kier alpha value is -2.75. The molecule has 2 aromatic carbocycles. The van der Waals surface area contributed by atoms with Gasteiger partial charge in [0.15, 0.2) is 0 Å². The number of aromatic hydroxyl groups is 1. The minimum Gasteiger partial charge on any atom is -0.508 e. The number of carbonyl (C=O) groups excluding carboxylic acids is 1. The Morgan fingerprint density at radius 1 is 1.15 bits per heavy atom. The summed E-state index contributed by atoms with van der Waals surface area (Å²) in [5.41, 5.74) is 1.89. The Labute approximate surface area is 115 Å². The second kappa shape index (κ2) is 4.74. The Balaban J connectivity index is 2.03. The first kappa shape index (κ1) is 12.3. The molecule has 20 heavy (non-hydrogen) atoms. The van der Waals surface area contributed by atoms with Crippen LogP contribution in [0.5, 0.6) is 17.2 Å². The van der Waals surface area contributed by atoms with E-state index >= 15 is 0 Å². The molecule has 0 saturated heterocycles. The van der Waals surface area contributed by atoms with Gasteiger partial charge in [-0.05, 0) is 42.0 Å². The molecule has 0 fully saturated rings. The second-order valence-electron chi connectivity index (χ2n) is 4.40. The molecule has 0 aliphatic carbocycles. The molecule has 4 nitrogen and oxygen atoms in total. The normalized spacial score (nSPS) is 15.1. The van der Waals surface area contributed by atoms with E-state index in [0.717, 1.165) is 11.3 Å². The van der Waals surface area contributed by atoms with Gasteiger partial charge in [0.05, 0.1) is 12.7 Å².